The number of carbonyl (C=O) groups excluding carboxylic acids is 1. The SMILES string of the molecule is CC[C@H](F)CNc1ncc(-c2ccc(C(=O)N(C)CCF)cn2)c(NC2CCC(O)CC2)n1.O=C(O)C(F)(F)F. The zero-order valence-corrected chi connectivity index (χ0v) is 22.1. The molecule has 1 saturated carbocycles. The fourth-order valence-electron chi connectivity index (χ4n) is 3.65. The van der Waals surface area contributed by atoms with Crippen molar-refractivity contribution in [2.24, 2.45) is 0 Å². The van der Waals surface area contributed by atoms with Gasteiger partial charge in [0.2, 0.25) is 5.95 Å². The van der Waals surface area contributed by atoms with Crippen LogP contribution >= 0.6 is 0 Å². The molecule has 1 fully saturated rings. The number of rotatable bonds is 10. The number of amides is 1. The summed E-state index contributed by atoms with van der Waals surface area (Å²) in [7, 11) is 1.54. The number of nitrogens with one attached hydrogen (secondary N) is 2. The Hall–Kier alpha value is -3.62. The van der Waals surface area contributed by atoms with Gasteiger partial charge in [0.1, 0.15) is 18.7 Å². The summed E-state index contributed by atoms with van der Waals surface area (Å²) in [4.78, 5) is 35.8. The van der Waals surface area contributed by atoms with E-state index in [1.54, 1.807) is 32.3 Å². The maximum atomic E-state index is 13.7. The first-order valence-corrected chi connectivity index (χ1v) is 12.6. The van der Waals surface area contributed by atoms with Crippen LogP contribution in [0.1, 0.15) is 49.4 Å². The summed E-state index contributed by atoms with van der Waals surface area (Å²) in [6, 6.07) is 3.48. The van der Waals surface area contributed by atoms with E-state index in [0.29, 0.717) is 47.8 Å². The van der Waals surface area contributed by atoms with Crippen LogP contribution in [0.3, 0.4) is 0 Å². The molecule has 4 N–H and O–H groups in total. The summed E-state index contributed by atoms with van der Waals surface area (Å²) in [6.45, 7) is 1.30. The number of nitrogens with zero attached hydrogens (tertiary/aromatic N) is 4. The highest BCUT2D eigenvalue weighted by molar-refractivity contribution is 5.94. The molecule has 40 heavy (non-hydrogen) atoms. The highest BCUT2D eigenvalue weighted by Crippen LogP contribution is 2.29. The summed E-state index contributed by atoms with van der Waals surface area (Å²) < 4.78 is 57.9. The minimum absolute atomic E-state index is 0.0187. The van der Waals surface area contributed by atoms with Crippen molar-refractivity contribution < 1.29 is 41.8 Å². The second-order valence-corrected chi connectivity index (χ2v) is 9.14. The highest BCUT2D eigenvalue weighted by Gasteiger charge is 2.38. The topological polar surface area (TPSA) is 141 Å². The van der Waals surface area contributed by atoms with Gasteiger partial charge < -0.3 is 25.7 Å². The Morgan fingerprint density at radius 3 is 2.33 bits per heavy atom. The van der Waals surface area contributed by atoms with E-state index in [4.69, 9.17) is 9.90 Å². The maximum Gasteiger partial charge on any atom is 0.490 e. The normalized spacial score (nSPS) is 17.7. The summed E-state index contributed by atoms with van der Waals surface area (Å²) in [6.07, 6.45) is 0.150. The third kappa shape index (κ3) is 10.2. The number of aliphatic carboxylic acids is 1. The predicted octanol–water partition coefficient (Wildman–Crippen LogP) is 4.09. The monoisotopic (exact) mass is 576 g/mol. The van der Waals surface area contributed by atoms with Crippen LogP contribution in [-0.2, 0) is 4.79 Å². The molecule has 10 nitrogen and oxygen atoms in total. The molecule has 0 radical (unpaired) electrons. The number of anilines is 2. The van der Waals surface area contributed by atoms with Crippen molar-refractivity contribution in [3.05, 3.63) is 30.1 Å². The van der Waals surface area contributed by atoms with Crippen molar-refractivity contribution in [3.8, 4) is 11.3 Å². The lowest BCUT2D eigenvalue weighted by atomic mass is 9.93. The van der Waals surface area contributed by atoms with Crippen molar-refractivity contribution in [1.29, 1.82) is 0 Å². The largest absolute Gasteiger partial charge is 0.490 e. The molecule has 222 valence electrons. The molecule has 3 rings (SSSR count). The smallest absolute Gasteiger partial charge is 0.475 e. The number of halogens is 5. The molecule has 1 aliphatic carbocycles. The van der Waals surface area contributed by atoms with Gasteiger partial charge in [-0.3, -0.25) is 9.78 Å². The van der Waals surface area contributed by atoms with Crippen molar-refractivity contribution in [3.63, 3.8) is 0 Å². The van der Waals surface area contributed by atoms with Crippen LogP contribution in [0, 0.1) is 0 Å². The first kappa shape index (κ1) is 32.6. The number of aliphatic hydroxyl groups is 1. The van der Waals surface area contributed by atoms with Crippen LogP contribution in [0.2, 0.25) is 0 Å². The van der Waals surface area contributed by atoms with Gasteiger partial charge in [0.15, 0.2) is 0 Å². The van der Waals surface area contributed by atoms with Crippen LogP contribution in [-0.4, -0.2) is 93.2 Å². The van der Waals surface area contributed by atoms with Gasteiger partial charge in [0.05, 0.1) is 22.9 Å². The Morgan fingerprint density at radius 2 is 1.80 bits per heavy atom. The number of hydrogen-bond donors (Lipinski definition) is 4. The molecule has 1 atom stereocenters. The quantitative estimate of drug-likeness (QED) is 0.308. The molecule has 0 bridgehead atoms. The third-order valence-electron chi connectivity index (χ3n) is 6.05. The zero-order valence-electron chi connectivity index (χ0n) is 22.1. The average molecular weight is 577 g/mol. The number of hydrogen-bond acceptors (Lipinski definition) is 8. The lowest BCUT2D eigenvalue weighted by Crippen LogP contribution is -2.29. The zero-order chi connectivity index (χ0) is 29.9. The summed E-state index contributed by atoms with van der Waals surface area (Å²) in [5.41, 5.74) is 1.58. The number of alkyl halides is 5. The molecule has 0 aromatic carbocycles. The van der Waals surface area contributed by atoms with E-state index in [2.05, 4.69) is 25.6 Å². The fraction of sp³-hybridized carbons (Fsp3) is 0.560. The average Bonchev–Trinajstić information content (AvgIpc) is 2.92. The Morgan fingerprint density at radius 1 is 1.15 bits per heavy atom. The number of carbonyl (C=O) groups is 2. The summed E-state index contributed by atoms with van der Waals surface area (Å²) in [5.74, 6) is -2.19. The molecule has 2 aromatic rings. The third-order valence-corrected chi connectivity index (χ3v) is 6.05. The van der Waals surface area contributed by atoms with Crippen LogP contribution in [0.15, 0.2) is 24.5 Å². The Kier molecular flexibility index (Phi) is 12.4. The van der Waals surface area contributed by atoms with E-state index >= 15 is 0 Å². The van der Waals surface area contributed by atoms with Gasteiger partial charge in [-0.2, -0.15) is 18.2 Å². The van der Waals surface area contributed by atoms with Crippen molar-refractivity contribution in [1.82, 2.24) is 19.9 Å². The number of aliphatic hydroxyl groups excluding tert-OH is 1. The molecule has 15 heteroatoms. The van der Waals surface area contributed by atoms with Crippen LogP contribution < -0.4 is 10.6 Å². The number of pyridine rings is 1. The molecular weight excluding hydrogens is 543 g/mol. The van der Waals surface area contributed by atoms with E-state index in [1.807, 2.05) is 0 Å². The van der Waals surface area contributed by atoms with Crippen LogP contribution in [0.25, 0.3) is 11.3 Å². The van der Waals surface area contributed by atoms with Crippen LogP contribution in [0.4, 0.5) is 33.7 Å². The van der Waals surface area contributed by atoms with E-state index in [1.165, 1.54) is 11.1 Å². The number of carboxylic acid groups (broad SMARTS) is 1. The van der Waals surface area contributed by atoms with E-state index < -0.39 is 25.0 Å². The molecule has 2 heterocycles. The molecule has 1 amide bonds. The molecule has 0 unspecified atom stereocenters. The Labute approximate surface area is 228 Å². The fourth-order valence-corrected chi connectivity index (χ4v) is 3.65. The molecule has 1 aliphatic rings. The first-order chi connectivity index (χ1) is 18.8. The Balaban J connectivity index is 0.000000708. The molecule has 2 aromatic heterocycles. The van der Waals surface area contributed by atoms with Gasteiger partial charge in [0.25, 0.3) is 5.91 Å². The van der Waals surface area contributed by atoms with E-state index in [0.717, 1.165) is 12.8 Å². The van der Waals surface area contributed by atoms with Crippen molar-refractivity contribution in [2.45, 2.75) is 63.5 Å². The number of aromatic nitrogens is 3. The van der Waals surface area contributed by atoms with Gasteiger partial charge in [-0.25, -0.2) is 18.6 Å². The summed E-state index contributed by atoms with van der Waals surface area (Å²) >= 11 is 0. The van der Waals surface area contributed by atoms with Crippen LogP contribution in [0.5, 0.6) is 0 Å². The van der Waals surface area contributed by atoms with E-state index in [-0.39, 0.29) is 31.1 Å². The van der Waals surface area contributed by atoms with Gasteiger partial charge in [0, 0.05) is 38.6 Å². The minimum Gasteiger partial charge on any atom is -0.475 e. The molecule has 0 spiro atoms. The second kappa shape index (κ2) is 15.2. The molecule has 0 aliphatic heterocycles. The number of carboxylic acids is 1. The van der Waals surface area contributed by atoms with Gasteiger partial charge in [-0.05, 0) is 44.2 Å². The first-order valence-electron chi connectivity index (χ1n) is 12.6. The summed E-state index contributed by atoms with van der Waals surface area (Å²) in [5, 5.41) is 23.3. The lowest BCUT2D eigenvalue weighted by molar-refractivity contribution is -0.192. The maximum absolute atomic E-state index is 13.7. The standard InChI is InChI=1S/C23H32F2N6O2.C2HF3O2/c1-3-16(25)13-27-23-28-14-19(21(30-23)29-17-5-7-18(32)8-6-17)20-9-4-15(12-26-20)22(33)31(2)11-10-24;3-2(4,5)1(6)7/h4,9,12,14,16-18,32H,3,5-8,10-11,13H2,1-2H3,(H2,27,28,29,30);(H,6,7)/t16-,17?,18?;/m0./s1. The van der Waals surface area contributed by atoms with Gasteiger partial charge in [-0.15, -0.1) is 0 Å². The van der Waals surface area contributed by atoms with Gasteiger partial charge in [-0.1, -0.05) is 6.92 Å². The van der Waals surface area contributed by atoms with Crippen molar-refractivity contribution >= 4 is 23.6 Å². The van der Waals surface area contributed by atoms with Crippen molar-refractivity contribution in [2.75, 3.05) is 37.4 Å². The predicted molar refractivity (Wildman–Crippen MR) is 137 cm³/mol. The second-order valence-electron chi connectivity index (χ2n) is 9.14. The highest BCUT2D eigenvalue weighted by atomic mass is 19.4. The minimum atomic E-state index is -5.08. The van der Waals surface area contributed by atoms with E-state index in [9.17, 15) is 31.9 Å². The van der Waals surface area contributed by atoms with Gasteiger partial charge >= 0.3 is 12.1 Å². The Bertz CT molecular complexity index is 1100. The molecular formula is C25H33F5N6O4. The molecule has 0 saturated heterocycles. The lowest BCUT2D eigenvalue weighted by Gasteiger charge is -2.27.